The molecule has 0 aromatic heterocycles. The predicted molar refractivity (Wildman–Crippen MR) is 107 cm³/mol. The molecule has 0 radical (unpaired) electrons. The number of rotatable bonds is 8. The van der Waals surface area contributed by atoms with E-state index in [1.54, 1.807) is 31.4 Å². The Kier molecular flexibility index (Phi) is 7.55. The van der Waals surface area contributed by atoms with Crippen molar-refractivity contribution in [3.8, 4) is 5.75 Å². The van der Waals surface area contributed by atoms with E-state index in [4.69, 9.17) is 4.74 Å². The lowest BCUT2D eigenvalue weighted by Crippen LogP contribution is -2.19. The molecule has 0 aliphatic heterocycles. The number of nitrogens with one attached hydrogen (secondary N) is 2. The van der Waals surface area contributed by atoms with E-state index < -0.39 is 0 Å². The number of carbonyl (C=O) groups excluding carboxylic acids is 2. The van der Waals surface area contributed by atoms with Crippen molar-refractivity contribution in [1.29, 1.82) is 0 Å². The second-order valence-electron chi connectivity index (χ2n) is 6.10. The van der Waals surface area contributed by atoms with Gasteiger partial charge < -0.3 is 10.1 Å². The van der Waals surface area contributed by atoms with Gasteiger partial charge in [0, 0.05) is 17.7 Å². The third kappa shape index (κ3) is 6.26. The second-order valence-corrected chi connectivity index (χ2v) is 6.10. The minimum Gasteiger partial charge on any atom is -0.497 e. The van der Waals surface area contributed by atoms with Gasteiger partial charge in [-0.25, -0.2) is 5.43 Å². The number of nitrogens with zero attached hydrogens (tertiary/aromatic N) is 1. The van der Waals surface area contributed by atoms with Crippen LogP contribution in [0.5, 0.6) is 5.75 Å². The number of unbranched alkanes of at least 4 members (excludes halogenated alkanes) is 1. The molecule has 0 spiro atoms. The number of anilines is 1. The van der Waals surface area contributed by atoms with Crippen molar-refractivity contribution in [2.24, 2.45) is 5.10 Å². The Morgan fingerprint density at radius 3 is 2.22 bits per heavy atom. The molecule has 0 saturated carbocycles. The Labute approximate surface area is 159 Å². The average Bonchev–Trinajstić information content (AvgIpc) is 2.70. The van der Waals surface area contributed by atoms with Gasteiger partial charge in [-0.3, -0.25) is 9.59 Å². The maximum absolute atomic E-state index is 12.2. The Hall–Kier alpha value is -3.15. The van der Waals surface area contributed by atoms with Crippen LogP contribution in [0.3, 0.4) is 0 Å². The molecule has 0 unspecified atom stereocenters. The zero-order valence-electron chi connectivity index (χ0n) is 15.9. The summed E-state index contributed by atoms with van der Waals surface area (Å²) in [5.74, 6) is 0.429. The van der Waals surface area contributed by atoms with Crippen LogP contribution in [0.15, 0.2) is 53.6 Å². The number of hydrogen-bond donors (Lipinski definition) is 2. The normalized spacial score (nSPS) is 11.0. The highest BCUT2D eigenvalue weighted by Crippen LogP contribution is 2.13. The maximum Gasteiger partial charge on any atom is 0.271 e. The molecule has 0 aliphatic carbocycles. The molecule has 27 heavy (non-hydrogen) atoms. The van der Waals surface area contributed by atoms with Gasteiger partial charge in [0.15, 0.2) is 0 Å². The Morgan fingerprint density at radius 2 is 1.63 bits per heavy atom. The molecule has 142 valence electrons. The Balaban J connectivity index is 1.93. The number of carbonyl (C=O) groups is 2. The fourth-order valence-electron chi connectivity index (χ4n) is 2.36. The van der Waals surface area contributed by atoms with Crippen molar-refractivity contribution in [3.05, 3.63) is 59.7 Å². The summed E-state index contributed by atoms with van der Waals surface area (Å²) >= 11 is 0. The summed E-state index contributed by atoms with van der Waals surface area (Å²) in [5.41, 5.74) is 5.26. The summed E-state index contributed by atoms with van der Waals surface area (Å²) in [4.78, 5) is 24.0. The smallest absolute Gasteiger partial charge is 0.271 e. The van der Waals surface area contributed by atoms with Gasteiger partial charge in [0.25, 0.3) is 5.91 Å². The standard InChI is InChI=1S/C21H25N3O3/c1-4-5-6-20(25)22-18-11-7-17(8-12-18)21(26)24-23-15(2)16-9-13-19(27-3)14-10-16/h7-14H,4-6H2,1-3H3,(H,22,25)(H,24,26)/b23-15+. The third-order valence-corrected chi connectivity index (χ3v) is 4.02. The summed E-state index contributed by atoms with van der Waals surface area (Å²) in [6.07, 6.45) is 2.33. The zero-order chi connectivity index (χ0) is 19.6. The fourth-order valence-corrected chi connectivity index (χ4v) is 2.36. The van der Waals surface area contributed by atoms with Crippen LogP contribution in [0.1, 0.15) is 49.0 Å². The summed E-state index contributed by atoms with van der Waals surface area (Å²) in [7, 11) is 1.61. The van der Waals surface area contributed by atoms with E-state index in [-0.39, 0.29) is 11.8 Å². The maximum atomic E-state index is 12.2. The van der Waals surface area contributed by atoms with Gasteiger partial charge in [0.1, 0.15) is 5.75 Å². The third-order valence-electron chi connectivity index (χ3n) is 4.02. The van der Waals surface area contributed by atoms with Crippen LogP contribution in [0.4, 0.5) is 5.69 Å². The summed E-state index contributed by atoms with van der Waals surface area (Å²) in [6.45, 7) is 3.86. The molecule has 0 bridgehead atoms. The largest absolute Gasteiger partial charge is 0.497 e. The van der Waals surface area contributed by atoms with Crippen LogP contribution >= 0.6 is 0 Å². The number of benzene rings is 2. The second kappa shape index (κ2) is 10.1. The highest BCUT2D eigenvalue weighted by atomic mass is 16.5. The van der Waals surface area contributed by atoms with Crippen molar-refractivity contribution in [1.82, 2.24) is 5.43 Å². The lowest BCUT2D eigenvalue weighted by atomic mass is 10.1. The molecule has 2 aromatic rings. The van der Waals surface area contributed by atoms with E-state index in [1.165, 1.54) is 0 Å². The first-order valence-electron chi connectivity index (χ1n) is 8.92. The number of ether oxygens (including phenoxy) is 1. The lowest BCUT2D eigenvalue weighted by Gasteiger charge is -2.07. The van der Waals surface area contributed by atoms with E-state index in [0.717, 1.165) is 24.2 Å². The van der Waals surface area contributed by atoms with Gasteiger partial charge in [0.2, 0.25) is 5.91 Å². The van der Waals surface area contributed by atoms with Gasteiger partial charge in [-0.05, 0) is 67.4 Å². The SMILES string of the molecule is CCCCC(=O)Nc1ccc(C(=O)N/N=C(\C)c2ccc(OC)cc2)cc1. The van der Waals surface area contributed by atoms with Crippen LogP contribution in [0, 0.1) is 0 Å². The number of amides is 2. The Bertz CT molecular complexity index is 796. The summed E-state index contributed by atoms with van der Waals surface area (Å²) in [5, 5.41) is 6.95. The number of hydrogen-bond acceptors (Lipinski definition) is 4. The van der Waals surface area contributed by atoms with Crippen molar-refractivity contribution < 1.29 is 14.3 Å². The molecule has 0 fully saturated rings. The molecule has 0 aliphatic rings. The van der Waals surface area contributed by atoms with E-state index in [2.05, 4.69) is 15.8 Å². The van der Waals surface area contributed by atoms with Crippen LogP contribution in [0.2, 0.25) is 0 Å². The van der Waals surface area contributed by atoms with Crippen LogP contribution in [0.25, 0.3) is 0 Å². The van der Waals surface area contributed by atoms with Gasteiger partial charge in [-0.15, -0.1) is 0 Å². The monoisotopic (exact) mass is 367 g/mol. The fraction of sp³-hybridized carbons (Fsp3) is 0.286. The van der Waals surface area contributed by atoms with Gasteiger partial charge in [-0.1, -0.05) is 13.3 Å². The van der Waals surface area contributed by atoms with Crippen LogP contribution in [-0.2, 0) is 4.79 Å². The van der Waals surface area contributed by atoms with Crippen LogP contribution < -0.4 is 15.5 Å². The predicted octanol–water partition coefficient (Wildman–Crippen LogP) is 3.98. The molecule has 6 heteroatoms. The lowest BCUT2D eigenvalue weighted by molar-refractivity contribution is -0.116. The summed E-state index contributed by atoms with van der Waals surface area (Å²) in [6, 6.07) is 14.1. The quantitative estimate of drug-likeness (QED) is 0.547. The average molecular weight is 367 g/mol. The van der Waals surface area contributed by atoms with E-state index in [0.29, 0.717) is 23.4 Å². The van der Waals surface area contributed by atoms with E-state index in [9.17, 15) is 9.59 Å². The van der Waals surface area contributed by atoms with Crippen LogP contribution in [-0.4, -0.2) is 24.6 Å². The molecule has 0 heterocycles. The van der Waals surface area contributed by atoms with Gasteiger partial charge in [-0.2, -0.15) is 5.10 Å². The molecule has 6 nitrogen and oxygen atoms in total. The summed E-state index contributed by atoms with van der Waals surface area (Å²) < 4.78 is 5.12. The van der Waals surface area contributed by atoms with Crippen molar-refractivity contribution in [2.45, 2.75) is 33.1 Å². The number of methoxy groups -OCH3 is 1. The number of hydrazone groups is 1. The van der Waals surface area contributed by atoms with Crippen molar-refractivity contribution in [3.63, 3.8) is 0 Å². The minimum absolute atomic E-state index is 0.0197. The molecular weight excluding hydrogens is 342 g/mol. The molecular formula is C21H25N3O3. The van der Waals surface area contributed by atoms with E-state index in [1.807, 2.05) is 38.1 Å². The molecule has 2 rings (SSSR count). The zero-order valence-corrected chi connectivity index (χ0v) is 15.9. The minimum atomic E-state index is -0.313. The van der Waals surface area contributed by atoms with Crippen molar-refractivity contribution in [2.75, 3.05) is 12.4 Å². The molecule has 2 N–H and O–H groups in total. The first-order chi connectivity index (χ1) is 13.0. The first kappa shape index (κ1) is 20.2. The molecule has 0 saturated heterocycles. The van der Waals surface area contributed by atoms with E-state index >= 15 is 0 Å². The topological polar surface area (TPSA) is 79.8 Å². The molecule has 2 aromatic carbocycles. The van der Waals surface area contributed by atoms with Gasteiger partial charge >= 0.3 is 0 Å². The first-order valence-corrected chi connectivity index (χ1v) is 8.92. The van der Waals surface area contributed by atoms with Crippen molar-refractivity contribution >= 4 is 23.2 Å². The highest BCUT2D eigenvalue weighted by molar-refractivity contribution is 6.01. The molecule has 0 atom stereocenters. The molecule has 2 amide bonds. The highest BCUT2D eigenvalue weighted by Gasteiger charge is 2.07. The Morgan fingerprint density at radius 1 is 1.00 bits per heavy atom. The van der Waals surface area contributed by atoms with Gasteiger partial charge in [0.05, 0.1) is 12.8 Å².